The highest BCUT2D eigenvalue weighted by Crippen LogP contribution is 2.13. The largest absolute Gasteiger partial charge is 0.357 e. The molecule has 0 spiro atoms. The summed E-state index contributed by atoms with van der Waals surface area (Å²) in [5.41, 5.74) is 0. The smallest absolute Gasteiger partial charge is 0.215 e. The number of rotatable bonds is 11. The summed E-state index contributed by atoms with van der Waals surface area (Å²) in [6.07, 6.45) is 6.44. The SMILES string of the molecule is C=CCCCCCN(C)C(=NCCS(=O)(=O)N1CCSCC1)NCC.I. The third kappa shape index (κ3) is 10.4. The average molecular weight is 519 g/mol. The van der Waals surface area contributed by atoms with Gasteiger partial charge in [-0.3, -0.25) is 4.99 Å². The van der Waals surface area contributed by atoms with E-state index in [4.69, 9.17) is 0 Å². The molecule has 0 aromatic heterocycles. The fraction of sp³-hybridized carbons (Fsp3) is 0.824. The van der Waals surface area contributed by atoms with E-state index >= 15 is 0 Å². The lowest BCUT2D eigenvalue weighted by Gasteiger charge is -2.25. The highest BCUT2D eigenvalue weighted by molar-refractivity contribution is 14.0. The zero-order valence-corrected chi connectivity index (χ0v) is 20.1. The Bertz CT molecular complexity index is 509. The number of thioether (sulfide) groups is 1. The molecule has 0 aliphatic carbocycles. The number of unbranched alkanes of at least 4 members (excludes halogenated alkanes) is 3. The summed E-state index contributed by atoms with van der Waals surface area (Å²) in [6.45, 7) is 9.01. The molecule has 0 amide bonds. The van der Waals surface area contributed by atoms with Crippen molar-refractivity contribution in [3.8, 4) is 0 Å². The van der Waals surface area contributed by atoms with Crippen LogP contribution in [-0.2, 0) is 10.0 Å². The Labute approximate surface area is 181 Å². The third-order valence-electron chi connectivity index (χ3n) is 4.07. The van der Waals surface area contributed by atoms with Gasteiger partial charge in [0, 0.05) is 44.7 Å². The van der Waals surface area contributed by atoms with Crippen molar-refractivity contribution in [2.75, 3.05) is 57.0 Å². The molecule has 0 unspecified atom stereocenters. The first-order valence-electron chi connectivity index (χ1n) is 9.17. The van der Waals surface area contributed by atoms with Crippen LogP contribution >= 0.6 is 35.7 Å². The Hall–Kier alpha value is -0.000000000000000222. The maximum absolute atomic E-state index is 12.4. The molecular formula is C17H35IN4O2S2. The van der Waals surface area contributed by atoms with Crippen LogP contribution in [0.5, 0.6) is 0 Å². The van der Waals surface area contributed by atoms with Gasteiger partial charge in [0.25, 0.3) is 0 Å². The molecule has 1 rings (SSSR count). The molecule has 1 fully saturated rings. The van der Waals surface area contributed by atoms with Gasteiger partial charge in [-0.25, -0.2) is 12.7 Å². The van der Waals surface area contributed by atoms with Crippen molar-refractivity contribution in [2.24, 2.45) is 4.99 Å². The minimum Gasteiger partial charge on any atom is -0.357 e. The van der Waals surface area contributed by atoms with Gasteiger partial charge >= 0.3 is 0 Å². The third-order valence-corrected chi connectivity index (χ3v) is 6.87. The monoisotopic (exact) mass is 518 g/mol. The highest BCUT2D eigenvalue weighted by atomic mass is 127. The van der Waals surface area contributed by atoms with Crippen molar-refractivity contribution in [1.82, 2.24) is 14.5 Å². The molecule has 0 radical (unpaired) electrons. The molecule has 154 valence electrons. The van der Waals surface area contributed by atoms with Gasteiger partial charge in [0.15, 0.2) is 5.96 Å². The predicted octanol–water partition coefficient (Wildman–Crippen LogP) is 2.63. The van der Waals surface area contributed by atoms with E-state index in [1.54, 1.807) is 4.31 Å². The first kappa shape index (κ1) is 26.0. The number of hydrogen-bond donors (Lipinski definition) is 1. The lowest BCUT2D eigenvalue weighted by molar-refractivity contribution is 0.442. The van der Waals surface area contributed by atoms with Gasteiger partial charge in [-0.2, -0.15) is 11.8 Å². The van der Waals surface area contributed by atoms with E-state index in [-0.39, 0.29) is 29.7 Å². The number of allylic oxidation sites excluding steroid dienone is 1. The van der Waals surface area contributed by atoms with E-state index in [9.17, 15) is 8.42 Å². The minimum absolute atomic E-state index is 0. The molecule has 0 aromatic carbocycles. The van der Waals surface area contributed by atoms with Crippen LogP contribution in [-0.4, -0.2) is 80.6 Å². The van der Waals surface area contributed by atoms with E-state index in [0.29, 0.717) is 19.6 Å². The highest BCUT2D eigenvalue weighted by Gasteiger charge is 2.23. The van der Waals surface area contributed by atoms with Crippen molar-refractivity contribution in [3.63, 3.8) is 0 Å². The number of nitrogens with zero attached hydrogens (tertiary/aromatic N) is 3. The van der Waals surface area contributed by atoms with Gasteiger partial charge < -0.3 is 10.2 Å². The lowest BCUT2D eigenvalue weighted by atomic mass is 10.2. The summed E-state index contributed by atoms with van der Waals surface area (Å²) in [7, 11) is -1.18. The maximum Gasteiger partial charge on any atom is 0.215 e. The standard InChI is InChI=1S/C17H34N4O2S2.HI/c1-4-6-7-8-9-11-20(3)17(18-5-2)19-10-16-25(22,23)21-12-14-24-15-13-21;/h4H,1,5-16H2,2-3H3,(H,18,19);1H. The summed E-state index contributed by atoms with van der Waals surface area (Å²) in [5, 5.41) is 3.25. The average Bonchev–Trinajstić information content (AvgIpc) is 2.61. The second-order valence-corrected chi connectivity index (χ2v) is 9.44. The second kappa shape index (κ2) is 15.0. The molecule has 1 aliphatic rings. The summed E-state index contributed by atoms with van der Waals surface area (Å²) in [5.74, 6) is 2.65. The van der Waals surface area contributed by atoms with Crippen LogP contribution in [0.2, 0.25) is 0 Å². The van der Waals surface area contributed by atoms with Crippen LogP contribution < -0.4 is 5.32 Å². The molecule has 1 heterocycles. The summed E-state index contributed by atoms with van der Waals surface area (Å²) in [6, 6.07) is 0. The first-order valence-corrected chi connectivity index (χ1v) is 11.9. The fourth-order valence-electron chi connectivity index (χ4n) is 2.61. The second-order valence-electron chi connectivity index (χ2n) is 6.12. The van der Waals surface area contributed by atoms with Gasteiger partial charge in [-0.1, -0.05) is 12.5 Å². The quantitative estimate of drug-likeness (QED) is 0.150. The van der Waals surface area contributed by atoms with Gasteiger partial charge in [-0.05, 0) is 26.2 Å². The van der Waals surface area contributed by atoms with Gasteiger partial charge in [0.1, 0.15) is 0 Å². The molecule has 1 aliphatic heterocycles. The van der Waals surface area contributed by atoms with Crippen molar-refractivity contribution in [1.29, 1.82) is 0 Å². The summed E-state index contributed by atoms with van der Waals surface area (Å²) in [4.78, 5) is 6.60. The Morgan fingerprint density at radius 1 is 1.31 bits per heavy atom. The van der Waals surface area contributed by atoms with E-state index in [1.165, 1.54) is 0 Å². The van der Waals surface area contributed by atoms with Crippen LogP contribution in [0.4, 0.5) is 0 Å². The van der Waals surface area contributed by atoms with Gasteiger partial charge in [0.05, 0.1) is 12.3 Å². The van der Waals surface area contributed by atoms with Gasteiger partial charge in [0.2, 0.25) is 10.0 Å². The molecule has 1 N–H and O–H groups in total. The summed E-state index contributed by atoms with van der Waals surface area (Å²) >= 11 is 1.81. The lowest BCUT2D eigenvalue weighted by Crippen LogP contribution is -2.41. The first-order chi connectivity index (χ1) is 12.0. The molecule has 1 saturated heterocycles. The van der Waals surface area contributed by atoms with Gasteiger partial charge in [-0.15, -0.1) is 30.6 Å². The maximum atomic E-state index is 12.4. The molecular weight excluding hydrogens is 483 g/mol. The number of sulfonamides is 1. The topological polar surface area (TPSA) is 65.0 Å². The van der Waals surface area contributed by atoms with Crippen molar-refractivity contribution >= 4 is 51.7 Å². The molecule has 0 saturated carbocycles. The van der Waals surface area contributed by atoms with Crippen LogP contribution in [0, 0.1) is 0 Å². The molecule has 9 heteroatoms. The van der Waals surface area contributed by atoms with Crippen LogP contribution in [0.25, 0.3) is 0 Å². The van der Waals surface area contributed by atoms with Crippen LogP contribution in [0.1, 0.15) is 32.6 Å². The fourth-order valence-corrected chi connectivity index (χ4v) is 5.06. The van der Waals surface area contributed by atoms with Crippen molar-refractivity contribution in [3.05, 3.63) is 12.7 Å². The number of hydrogen-bond acceptors (Lipinski definition) is 4. The Kier molecular flexibility index (Phi) is 15.0. The number of aliphatic imine (C=N–C) groups is 1. The Morgan fingerprint density at radius 2 is 2.00 bits per heavy atom. The molecule has 0 bridgehead atoms. The molecule has 26 heavy (non-hydrogen) atoms. The minimum atomic E-state index is -3.19. The van der Waals surface area contributed by atoms with Crippen molar-refractivity contribution < 1.29 is 8.42 Å². The van der Waals surface area contributed by atoms with E-state index in [1.807, 2.05) is 31.8 Å². The zero-order chi connectivity index (χ0) is 18.5. The van der Waals surface area contributed by atoms with E-state index in [0.717, 1.165) is 56.2 Å². The molecule has 0 atom stereocenters. The normalized spacial score (nSPS) is 16.0. The van der Waals surface area contributed by atoms with Crippen LogP contribution in [0.15, 0.2) is 17.6 Å². The number of guanidine groups is 1. The predicted molar refractivity (Wildman–Crippen MR) is 125 cm³/mol. The van der Waals surface area contributed by atoms with E-state index in [2.05, 4.69) is 21.8 Å². The Morgan fingerprint density at radius 3 is 2.62 bits per heavy atom. The summed E-state index contributed by atoms with van der Waals surface area (Å²) < 4.78 is 26.4. The number of halogens is 1. The van der Waals surface area contributed by atoms with Crippen LogP contribution in [0.3, 0.4) is 0 Å². The number of nitrogens with one attached hydrogen (secondary N) is 1. The van der Waals surface area contributed by atoms with E-state index < -0.39 is 10.0 Å². The molecule has 6 nitrogen and oxygen atoms in total. The van der Waals surface area contributed by atoms with Crippen molar-refractivity contribution in [2.45, 2.75) is 32.6 Å². The Balaban J connectivity index is 0.00000625. The zero-order valence-electron chi connectivity index (χ0n) is 16.2. The molecule has 0 aromatic rings.